The second kappa shape index (κ2) is 3.42. The standard InChI is InChI=1S/C8H14N2O/c1-7-8(6-9-2)10(3)4-5-11-7/h6H,4-5H2,1-3H3. The molecule has 3 nitrogen and oxygen atoms in total. The van der Waals surface area contributed by atoms with E-state index in [1.807, 2.05) is 20.2 Å². The zero-order valence-corrected chi connectivity index (χ0v) is 7.29. The van der Waals surface area contributed by atoms with E-state index in [-0.39, 0.29) is 0 Å². The Bertz CT molecular complexity index is 196. The molecular formula is C8H14N2O. The van der Waals surface area contributed by atoms with Crippen molar-refractivity contribution in [2.45, 2.75) is 6.92 Å². The van der Waals surface area contributed by atoms with Crippen molar-refractivity contribution >= 4 is 6.21 Å². The molecule has 0 amide bonds. The van der Waals surface area contributed by atoms with Crippen molar-refractivity contribution in [1.82, 2.24) is 4.90 Å². The largest absolute Gasteiger partial charge is 0.494 e. The smallest absolute Gasteiger partial charge is 0.118 e. The third-order valence-electron chi connectivity index (χ3n) is 1.77. The molecule has 0 aromatic heterocycles. The van der Waals surface area contributed by atoms with E-state index in [9.17, 15) is 0 Å². The lowest BCUT2D eigenvalue weighted by molar-refractivity contribution is 0.151. The summed E-state index contributed by atoms with van der Waals surface area (Å²) >= 11 is 0. The Morgan fingerprint density at radius 3 is 2.91 bits per heavy atom. The van der Waals surface area contributed by atoms with Crippen LogP contribution in [0.2, 0.25) is 0 Å². The number of rotatable bonds is 1. The van der Waals surface area contributed by atoms with Crippen molar-refractivity contribution in [2.24, 2.45) is 4.99 Å². The molecule has 11 heavy (non-hydrogen) atoms. The van der Waals surface area contributed by atoms with E-state index in [4.69, 9.17) is 4.74 Å². The third-order valence-corrected chi connectivity index (χ3v) is 1.77. The first-order valence-corrected chi connectivity index (χ1v) is 3.72. The van der Waals surface area contributed by atoms with E-state index < -0.39 is 0 Å². The van der Waals surface area contributed by atoms with Crippen LogP contribution in [0.15, 0.2) is 16.4 Å². The molecule has 1 heterocycles. The van der Waals surface area contributed by atoms with Crippen LogP contribution in [0.1, 0.15) is 6.92 Å². The van der Waals surface area contributed by atoms with Crippen LogP contribution >= 0.6 is 0 Å². The van der Waals surface area contributed by atoms with Gasteiger partial charge in [0.25, 0.3) is 0 Å². The average Bonchev–Trinajstić information content (AvgIpc) is 1.97. The Balaban J connectivity index is 2.82. The van der Waals surface area contributed by atoms with Gasteiger partial charge in [0, 0.05) is 20.3 Å². The van der Waals surface area contributed by atoms with Crippen molar-refractivity contribution in [3.8, 4) is 0 Å². The van der Waals surface area contributed by atoms with E-state index in [2.05, 4.69) is 9.89 Å². The number of aliphatic imine (C=N–C) groups is 1. The lowest BCUT2D eigenvalue weighted by Gasteiger charge is -2.27. The maximum absolute atomic E-state index is 5.36. The summed E-state index contributed by atoms with van der Waals surface area (Å²) in [5.74, 6) is 0.962. The van der Waals surface area contributed by atoms with Crippen molar-refractivity contribution in [2.75, 3.05) is 27.2 Å². The van der Waals surface area contributed by atoms with Gasteiger partial charge >= 0.3 is 0 Å². The highest BCUT2D eigenvalue weighted by molar-refractivity contribution is 5.78. The van der Waals surface area contributed by atoms with Crippen LogP contribution in [0.3, 0.4) is 0 Å². The van der Waals surface area contributed by atoms with Crippen molar-refractivity contribution in [3.05, 3.63) is 11.5 Å². The Hall–Kier alpha value is -0.990. The minimum absolute atomic E-state index is 0.781. The quantitative estimate of drug-likeness (QED) is 0.524. The minimum atomic E-state index is 0.781. The van der Waals surface area contributed by atoms with E-state index in [0.29, 0.717) is 0 Å². The van der Waals surface area contributed by atoms with Crippen LogP contribution in [0.4, 0.5) is 0 Å². The third kappa shape index (κ3) is 1.73. The molecule has 0 saturated heterocycles. The molecule has 0 bridgehead atoms. The molecule has 0 radical (unpaired) electrons. The molecule has 62 valence electrons. The van der Waals surface area contributed by atoms with Gasteiger partial charge in [-0.2, -0.15) is 0 Å². The Morgan fingerprint density at radius 2 is 2.36 bits per heavy atom. The number of likely N-dealkylation sites (N-methyl/N-ethyl adjacent to an activating group) is 1. The maximum Gasteiger partial charge on any atom is 0.118 e. The summed E-state index contributed by atoms with van der Waals surface area (Å²) in [6, 6.07) is 0. The topological polar surface area (TPSA) is 24.8 Å². The molecule has 0 atom stereocenters. The molecule has 0 aromatic rings. The number of hydrogen-bond acceptors (Lipinski definition) is 3. The lowest BCUT2D eigenvalue weighted by atomic mass is 10.3. The van der Waals surface area contributed by atoms with E-state index in [0.717, 1.165) is 24.6 Å². The molecular weight excluding hydrogens is 140 g/mol. The van der Waals surface area contributed by atoms with Gasteiger partial charge in [-0.15, -0.1) is 0 Å². The lowest BCUT2D eigenvalue weighted by Crippen LogP contribution is -2.29. The van der Waals surface area contributed by atoms with Crippen LogP contribution in [-0.2, 0) is 4.74 Å². The second-order valence-corrected chi connectivity index (χ2v) is 2.60. The first kappa shape index (κ1) is 8.11. The van der Waals surface area contributed by atoms with Gasteiger partial charge in [-0.1, -0.05) is 0 Å². The molecule has 0 saturated carbocycles. The van der Waals surface area contributed by atoms with Crippen LogP contribution in [0.25, 0.3) is 0 Å². The Morgan fingerprint density at radius 1 is 1.64 bits per heavy atom. The summed E-state index contributed by atoms with van der Waals surface area (Å²) in [6.45, 7) is 3.69. The summed E-state index contributed by atoms with van der Waals surface area (Å²) in [6.07, 6.45) is 1.83. The van der Waals surface area contributed by atoms with Gasteiger partial charge in [0.05, 0.1) is 12.2 Å². The van der Waals surface area contributed by atoms with E-state index >= 15 is 0 Å². The maximum atomic E-state index is 5.36. The minimum Gasteiger partial charge on any atom is -0.494 e. The fourth-order valence-electron chi connectivity index (χ4n) is 1.11. The molecule has 0 aromatic carbocycles. The highest BCUT2D eigenvalue weighted by atomic mass is 16.5. The molecule has 1 aliphatic heterocycles. The predicted octanol–water partition coefficient (Wildman–Crippen LogP) is 0.881. The summed E-state index contributed by atoms with van der Waals surface area (Å²) in [5.41, 5.74) is 1.08. The molecule has 0 N–H and O–H groups in total. The fraction of sp³-hybridized carbons (Fsp3) is 0.625. The monoisotopic (exact) mass is 154 g/mol. The highest BCUT2D eigenvalue weighted by Gasteiger charge is 2.12. The predicted molar refractivity (Wildman–Crippen MR) is 45.7 cm³/mol. The van der Waals surface area contributed by atoms with Crippen LogP contribution in [-0.4, -0.2) is 38.4 Å². The van der Waals surface area contributed by atoms with Gasteiger partial charge in [0.2, 0.25) is 0 Å². The SMILES string of the molecule is CN=CC1=C(C)OCCN1C. The van der Waals surface area contributed by atoms with Gasteiger partial charge in [0.1, 0.15) is 12.4 Å². The summed E-state index contributed by atoms with van der Waals surface area (Å²) in [4.78, 5) is 6.10. The average molecular weight is 154 g/mol. The van der Waals surface area contributed by atoms with Crippen molar-refractivity contribution in [1.29, 1.82) is 0 Å². The number of ether oxygens (including phenoxy) is 1. The van der Waals surface area contributed by atoms with Crippen LogP contribution < -0.4 is 0 Å². The van der Waals surface area contributed by atoms with Gasteiger partial charge < -0.3 is 9.64 Å². The van der Waals surface area contributed by atoms with Crippen LogP contribution in [0, 0.1) is 0 Å². The Kier molecular flexibility index (Phi) is 2.52. The number of nitrogens with zero attached hydrogens (tertiary/aromatic N) is 2. The molecule has 1 aliphatic rings. The fourth-order valence-corrected chi connectivity index (χ4v) is 1.11. The second-order valence-electron chi connectivity index (χ2n) is 2.60. The van der Waals surface area contributed by atoms with Crippen molar-refractivity contribution in [3.63, 3.8) is 0 Å². The molecule has 0 spiro atoms. The zero-order chi connectivity index (χ0) is 8.27. The molecule has 1 rings (SSSR count). The van der Waals surface area contributed by atoms with Gasteiger partial charge in [0.15, 0.2) is 0 Å². The Labute approximate surface area is 67.4 Å². The van der Waals surface area contributed by atoms with Gasteiger partial charge in [-0.05, 0) is 6.92 Å². The van der Waals surface area contributed by atoms with E-state index in [1.54, 1.807) is 7.05 Å². The molecule has 0 aliphatic carbocycles. The van der Waals surface area contributed by atoms with Crippen molar-refractivity contribution < 1.29 is 4.74 Å². The summed E-state index contributed by atoms with van der Waals surface area (Å²) in [5, 5.41) is 0. The van der Waals surface area contributed by atoms with Gasteiger partial charge in [-0.25, -0.2) is 0 Å². The zero-order valence-electron chi connectivity index (χ0n) is 7.29. The summed E-state index contributed by atoms with van der Waals surface area (Å²) in [7, 11) is 3.81. The van der Waals surface area contributed by atoms with Crippen LogP contribution in [0.5, 0.6) is 0 Å². The highest BCUT2D eigenvalue weighted by Crippen LogP contribution is 2.12. The first-order chi connectivity index (χ1) is 5.25. The molecule has 0 unspecified atom stereocenters. The normalized spacial score (nSPS) is 19.4. The molecule has 0 fully saturated rings. The number of allylic oxidation sites excluding steroid dienone is 2. The van der Waals surface area contributed by atoms with E-state index in [1.165, 1.54) is 0 Å². The first-order valence-electron chi connectivity index (χ1n) is 3.72. The number of hydrogen-bond donors (Lipinski definition) is 0. The summed E-state index contributed by atoms with van der Waals surface area (Å²) < 4.78 is 5.36. The molecule has 3 heteroatoms. The van der Waals surface area contributed by atoms with Gasteiger partial charge in [-0.3, -0.25) is 4.99 Å².